The maximum atomic E-state index is 13.1. The van der Waals surface area contributed by atoms with Gasteiger partial charge in [-0.2, -0.15) is 5.01 Å². The van der Waals surface area contributed by atoms with Crippen LogP contribution in [0, 0.1) is 0 Å². The second-order valence-corrected chi connectivity index (χ2v) is 10.3. The minimum absolute atomic E-state index is 0.0352. The number of hydrogen-bond acceptors (Lipinski definition) is 7. The Labute approximate surface area is 229 Å². The first kappa shape index (κ1) is 25.9. The van der Waals surface area contributed by atoms with Crippen molar-refractivity contribution in [2.24, 2.45) is 0 Å². The van der Waals surface area contributed by atoms with E-state index in [2.05, 4.69) is 31.2 Å². The summed E-state index contributed by atoms with van der Waals surface area (Å²) in [5.41, 5.74) is 6.09. The van der Waals surface area contributed by atoms with Crippen LogP contribution in [-0.2, 0) is 16.1 Å². The summed E-state index contributed by atoms with van der Waals surface area (Å²) < 4.78 is 6.25. The van der Waals surface area contributed by atoms with E-state index in [9.17, 15) is 14.4 Å². The zero-order chi connectivity index (χ0) is 27.0. The number of carbonyl (C=O) groups is 3. The highest BCUT2D eigenvalue weighted by molar-refractivity contribution is 9.10. The third-order valence-electron chi connectivity index (χ3n) is 7.09. The van der Waals surface area contributed by atoms with Crippen LogP contribution in [0.1, 0.15) is 29.8 Å². The number of imide groups is 1. The molecule has 5 rings (SSSR count). The van der Waals surface area contributed by atoms with Crippen LogP contribution in [0.2, 0.25) is 0 Å². The summed E-state index contributed by atoms with van der Waals surface area (Å²) in [4.78, 5) is 47.1. The molecule has 2 aliphatic rings. The zero-order valence-electron chi connectivity index (χ0n) is 21.5. The zero-order valence-corrected chi connectivity index (χ0v) is 23.0. The number of fused-ring (bicyclic) bond motifs is 1. The van der Waals surface area contributed by atoms with Crippen LogP contribution in [0.5, 0.6) is 5.75 Å². The second kappa shape index (κ2) is 10.5. The van der Waals surface area contributed by atoms with Gasteiger partial charge in [-0.15, -0.1) is 0 Å². The van der Waals surface area contributed by atoms with Gasteiger partial charge in [0.1, 0.15) is 11.6 Å². The second-order valence-electron chi connectivity index (χ2n) is 9.40. The van der Waals surface area contributed by atoms with Gasteiger partial charge in [-0.05, 0) is 49.7 Å². The van der Waals surface area contributed by atoms with Crippen molar-refractivity contribution >= 4 is 50.4 Å². The van der Waals surface area contributed by atoms with E-state index in [1.165, 1.54) is 0 Å². The Kier molecular flexibility index (Phi) is 7.18. The van der Waals surface area contributed by atoms with Gasteiger partial charge in [0.15, 0.2) is 0 Å². The van der Waals surface area contributed by atoms with Gasteiger partial charge in [-0.1, -0.05) is 34.1 Å². The number of ether oxygens (including phenoxy) is 1. The smallest absolute Gasteiger partial charge is 0.275 e. The van der Waals surface area contributed by atoms with E-state index in [-0.39, 0.29) is 17.7 Å². The number of amides is 3. The Morgan fingerprint density at radius 3 is 2.37 bits per heavy atom. The predicted octanol–water partition coefficient (Wildman–Crippen LogP) is 4.00. The van der Waals surface area contributed by atoms with Crippen molar-refractivity contribution in [3.8, 4) is 5.75 Å². The Hall–Kier alpha value is -3.76. The minimum atomic E-state index is -0.374. The highest BCUT2D eigenvalue weighted by atomic mass is 79.9. The van der Waals surface area contributed by atoms with Crippen LogP contribution in [0.15, 0.2) is 64.1 Å². The number of hydrogen-bond donors (Lipinski definition) is 1. The molecule has 3 aromatic rings. The van der Waals surface area contributed by atoms with Crippen LogP contribution in [-0.4, -0.2) is 70.8 Å². The number of piperazine rings is 1. The van der Waals surface area contributed by atoms with E-state index in [1.54, 1.807) is 33.1 Å². The average Bonchev–Trinajstić information content (AvgIpc) is 3.10. The highest BCUT2D eigenvalue weighted by Gasteiger charge is 2.34. The summed E-state index contributed by atoms with van der Waals surface area (Å²) in [5.74, 6) is 0.207. The lowest BCUT2D eigenvalue weighted by atomic mass is 10.1. The van der Waals surface area contributed by atoms with Gasteiger partial charge in [0.2, 0.25) is 0 Å². The lowest BCUT2D eigenvalue weighted by Crippen LogP contribution is -2.48. The molecule has 1 fully saturated rings. The van der Waals surface area contributed by atoms with Crippen molar-refractivity contribution in [2.75, 3.05) is 38.7 Å². The molecule has 1 saturated heterocycles. The topological polar surface area (TPSA) is 95.1 Å². The van der Waals surface area contributed by atoms with Crippen molar-refractivity contribution in [1.82, 2.24) is 19.8 Å². The van der Waals surface area contributed by atoms with Gasteiger partial charge in [-0.25, -0.2) is 4.98 Å². The molecule has 2 aromatic carbocycles. The van der Waals surface area contributed by atoms with Crippen molar-refractivity contribution in [3.05, 3.63) is 75.3 Å². The molecular weight excluding hydrogens is 550 g/mol. The first-order chi connectivity index (χ1) is 18.3. The predicted molar refractivity (Wildman–Crippen MR) is 147 cm³/mol. The van der Waals surface area contributed by atoms with Crippen LogP contribution < -0.4 is 10.2 Å². The number of hydrazine groups is 1. The number of nitrogens with one attached hydrogen (secondary N) is 1. The molecule has 1 N–H and O–H groups in total. The van der Waals surface area contributed by atoms with E-state index in [1.807, 2.05) is 41.3 Å². The van der Waals surface area contributed by atoms with Gasteiger partial charge < -0.3 is 9.64 Å². The number of rotatable bonds is 6. The molecule has 0 aliphatic carbocycles. The third kappa shape index (κ3) is 4.89. The average molecular weight is 578 g/mol. The first-order valence-electron chi connectivity index (χ1n) is 12.3. The number of para-hydroxylation sites is 1. The van der Waals surface area contributed by atoms with Gasteiger partial charge in [-0.3, -0.25) is 24.7 Å². The van der Waals surface area contributed by atoms with Gasteiger partial charge >= 0.3 is 0 Å². The maximum absolute atomic E-state index is 13.1. The monoisotopic (exact) mass is 577 g/mol. The number of aromatic nitrogens is 1. The fourth-order valence-corrected chi connectivity index (χ4v) is 5.12. The minimum Gasteiger partial charge on any atom is -0.496 e. The molecule has 3 amide bonds. The van der Waals surface area contributed by atoms with Gasteiger partial charge in [0.25, 0.3) is 17.7 Å². The summed E-state index contributed by atoms with van der Waals surface area (Å²) in [7, 11) is 1.57. The third-order valence-corrected chi connectivity index (χ3v) is 7.58. The van der Waals surface area contributed by atoms with E-state index in [0.29, 0.717) is 61.0 Å². The van der Waals surface area contributed by atoms with Crippen LogP contribution in [0.3, 0.4) is 0 Å². The molecule has 0 spiro atoms. The molecule has 196 valence electrons. The molecular formula is C28H28BrN5O4. The number of pyridine rings is 1. The molecule has 0 unspecified atom stereocenters. The summed E-state index contributed by atoms with van der Waals surface area (Å²) in [6.07, 6.45) is 0. The molecule has 0 radical (unpaired) electrons. The quantitative estimate of drug-likeness (QED) is 0.442. The van der Waals surface area contributed by atoms with E-state index in [4.69, 9.17) is 4.74 Å². The standard InChI is InChI=1S/C28H28BrN5O4/c1-17-18(2)27(36)34(26(17)35)31-25-14-19(21-9-8-20(29)15-23(21)30-25)16-32-10-12-33(13-11-32)28(37)22-6-4-5-7-24(22)38-3/h4-9,14-15H,10-13,16H2,1-3H3,(H,30,31). The SMILES string of the molecule is COc1ccccc1C(=O)N1CCN(Cc2cc(NN3C(=O)C(C)=C(C)C3=O)nc3cc(Br)ccc23)CC1. The van der Waals surface area contributed by atoms with Crippen LogP contribution in [0.25, 0.3) is 10.9 Å². The Morgan fingerprint density at radius 2 is 1.68 bits per heavy atom. The molecule has 38 heavy (non-hydrogen) atoms. The van der Waals surface area contributed by atoms with Crippen molar-refractivity contribution in [3.63, 3.8) is 0 Å². The fraction of sp³-hybridized carbons (Fsp3) is 0.286. The fourth-order valence-electron chi connectivity index (χ4n) is 4.77. The van der Waals surface area contributed by atoms with Crippen molar-refractivity contribution in [1.29, 1.82) is 0 Å². The number of methoxy groups -OCH3 is 1. The summed E-state index contributed by atoms with van der Waals surface area (Å²) in [5, 5.41) is 2.00. The maximum Gasteiger partial charge on any atom is 0.275 e. The molecule has 9 nitrogen and oxygen atoms in total. The molecule has 10 heteroatoms. The van der Waals surface area contributed by atoms with Gasteiger partial charge in [0.05, 0.1) is 18.2 Å². The van der Waals surface area contributed by atoms with E-state index >= 15 is 0 Å². The molecule has 3 heterocycles. The lowest BCUT2D eigenvalue weighted by molar-refractivity contribution is -0.135. The number of anilines is 1. The van der Waals surface area contributed by atoms with E-state index < -0.39 is 0 Å². The summed E-state index contributed by atoms with van der Waals surface area (Å²) >= 11 is 3.51. The number of carbonyl (C=O) groups excluding carboxylic acids is 3. The Bertz CT molecular complexity index is 1460. The molecule has 0 bridgehead atoms. The summed E-state index contributed by atoms with van der Waals surface area (Å²) in [6, 6.07) is 15.0. The number of benzene rings is 2. The van der Waals surface area contributed by atoms with Gasteiger partial charge in [0, 0.05) is 53.7 Å². The van der Waals surface area contributed by atoms with Crippen molar-refractivity contribution < 1.29 is 19.1 Å². The van der Waals surface area contributed by atoms with E-state index in [0.717, 1.165) is 25.9 Å². The van der Waals surface area contributed by atoms with Crippen LogP contribution in [0.4, 0.5) is 5.82 Å². The first-order valence-corrected chi connectivity index (χ1v) is 13.1. The van der Waals surface area contributed by atoms with Crippen molar-refractivity contribution in [2.45, 2.75) is 20.4 Å². The Morgan fingerprint density at radius 1 is 1.00 bits per heavy atom. The molecule has 0 atom stereocenters. The summed E-state index contributed by atoms with van der Waals surface area (Å²) in [6.45, 7) is 6.52. The number of halogens is 1. The highest BCUT2D eigenvalue weighted by Crippen LogP contribution is 2.28. The lowest BCUT2D eigenvalue weighted by Gasteiger charge is -2.35. The number of nitrogens with zero attached hydrogens (tertiary/aromatic N) is 4. The van der Waals surface area contributed by atoms with Crippen LogP contribution >= 0.6 is 15.9 Å². The normalized spacial score (nSPS) is 16.5. The molecule has 1 aromatic heterocycles. The largest absolute Gasteiger partial charge is 0.496 e. The molecule has 2 aliphatic heterocycles. The Balaban J connectivity index is 1.34. The molecule has 0 saturated carbocycles.